The Hall–Kier alpha value is -2.57. The molecule has 0 radical (unpaired) electrons. The van der Waals surface area contributed by atoms with E-state index < -0.39 is 0 Å². The van der Waals surface area contributed by atoms with Gasteiger partial charge in [-0.15, -0.1) is 0 Å². The third-order valence-corrected chi connectivity index (χ3v) is 4.06. The molecule has 2 aromatic carbocycles. The highest BCUT2D eigenvalue weighted by molar-refractivity contribution is 6.42. The molecule has 25 heavy (non-hydrogen) atoms. The van der Waals surface area contributed by atoms with E-state index in [-0.39, 0.29) is 12.5 Å². The molecular formula is C17H12Cl2N2O4. The second-order valence-electron chi connectivity index (χ2n) is 4.96. The van der Waals surface area contributed by atoms with Gasteiger partial charge in [-0.05, 0) is 36.4 Å². The van der Waals surface area contributed by atoms with E-state index in [0.717, 1.165) is 6.29 Å². The standard InChI is InChI=1S/C17H12Cl2N2O4/c1-23-15-6-10(8-22)2-5-14(15)24-9-16-20-17(21-25-16)11-3-4-12(18)13(19)7-11/h2-8H,9H2,1H3. The topological polar surface area (TPSA) is 74.5 Å². The first-order chi connectivity index (χ1) is 12.1. The number of hydrogen-bond donors (Lipinski definition) is 0. The van der Waals surface area contributed by atoms with E-state index in [9.17, 15) is 4.79 Å². The van der Waals surface area contributed by atoms with Crippen molar-refractivity contribution in [2.75, 3.05) is 7.11 Å². The maximum absolute atomic E-state index is 10.8. The van der Waals surface area contributed by atoms with Crippen LogP contribution in [0.1, 0.15) is 16.2 Å². The van der Waals surface area contributed by atoms with Crippen molar-refractivity contribution in [1.29, 1.82) is 0 Å². The number of hydrogen-bond acceptors (Lipinski definition) is 6. The van der Waals surface area contributed by atoms with Crippen LogP contribution in [-0.4, -0.2) is 23.5 Å². The Kier molecular flexibility index (Phi) is 5.21. The number of nitrogens with zero attached hydrogens (tertiary/aromatic N) is 2. The lowest BCUT2D eigenvalue weighted by Crippen LogP contribution is -1.98. The number of rotatable bonds is 6. The summed E-state index contributed by atoms with van der Waals surface area (Å²) in [5, 5.41) is 4.75. The lowest BCUT2D eigenvalue weighted by atomic mass is 10.2. The normalized spacial score (nSPS) is 10.5. The highest BCUT2D eigenvalue weighted by atomic mass is 35.5. The van der Waals surface area contributed by atoms with Crippen LogP contribution in [0, 0.1) is 0 Å². The number of benzene rings is 2. The fourth-order valence-electron chi connectivity index (χ4n) is 2.08. The molecule has 0 saturated heterocycles. The van der Waals surface area contributed by atoms with E-state index in [1.165, 1.54) is 7.11 Å². The van der Waals surface area contributed by atoms with Crippen LogP contribution < -0.4 is 9.47 Å². The van der Waals surface area contributed by atoms with Gasteiger partial charge in [-0.1, -0.05) is 28.4 Å². The van der Waals surface area contributed by atoms with Crippen molar-refractivity contribution in [3.63, 3.8) is 0 Å². The molecule has 0 spiro atoms. The summed E-state index contributed by atoms with van der Waals surface area (Å²) < 4.78 is 16.0. The predicted octanol–water partition coefficient (Wildman–Crippen LogP) is 4.44. The van der Waals surface area contributed by atoms with Crippen molar-refractivity contribution in [1.82, 2.24) is 10.1 Å². The molecule has 0 bridgehead atoms. The molecule has 128 valence electrons. The summed E-state index contributed by atoms with van der Waals surface area (Å²) in [5.41, 5.74) is 1.17. The van der Waals surface area contributed by atoms with Gasteiger partial charge < -0.3 is 14.0 Å². The Morgan fingerprint density at radius 2 is 1.96 bits per heavy atom. The van der Waals surface area contributed by atoms with Gasteiger partial charge in [-0.3, -0.25) is 4.79 Å². The average Bonchev–Trinajstić information content (AvgIpc) is 3.11. The zero-order valence-corrected chi connectivity index (χ0v) is 14.5. The molecule has 0 fully saturated rings. The molecule has 0 aliphatic heterocycles. The SMILES string of the molecule is COc1cc(C=O)ccc1OCc1nc(-c2ccc(Cl)c(Cl)c2)no1. The van der Waals surface area contributed by atoms with Gasteiger partial charge in [0.25, 0.3) is 5.89 Å². The molecule has 0 saturated carbocycles. The van der Waals surface area contributed by atoms with E-state index in [1.807, 2.05) is 0 Å². The van der Waals surface area contributed by atoms with Crippen LogP contribution >= 0.6 is 23.2 Å². The first-order valence-electron chi connectivity index (χ1n) is 7.14. The molecule has 8 heteroatoms. The Bertz CT molecular complexity index is 911. The lowest BCUT2D eigenvalue weighted by molar-refractivity contribution is 0.112. The number of carbonyl (C=O) groups excluding carboxylic acids is 1. The summed E-state index contributed by atoms with van der Waals surface area (Å²) >= 11 is 11.9. The number of carbonyl (C=O) groups is 1. The van der Waals surface area contributed by atoms with Gasteiger partial charge in [0, 0.05) is 11.1 Å². The van der Waals surface area contributed by atoms with Crippen molar-refractivity contribution in [2.24, 2.45) is 0 Å². The monoisotopic (exact) mass is 378 g/mol. The van der Waals surface area contributed by atoms with Crippen LogP contribution in [0.15, 0.2) is 40.9 Å². The van der Waals surface area contributed by atoms with Crippen LogP contribution in [0.5, 0.6) is 11.5 Å². The van der Waals surface area contributed by atoms with E-state index in [0.29, 0.717) is 38.5 Å². The molecule has 3 rings (SSSR count). The number of aromatic nitrogens is 2. The summed E-state index contributed by atoms with van der Waals surface area (Å²) in [6.07, 6.45) is 0.730. The van der Waals surface area contributed by atoms with Crippen molar-refractivity contribution in [3.05, 3.63) is 57.9 Å². The molecule has 0 unspecified atom stereocenters. The molecule has 6 nitrogen and oxygen atoms in total. The van der Waals surface area contributed by atoms with Crippen LogP contribution in [0.25, 0.3) is 11.4 Å². The minimum Gasteiger partial charge on any atom is -0.493 e. The Balaban J connectivity index is 1.74. The van der Waals surface area contributed by atoms with Crippen LogP contribution in [0.3, 0.4) is 0 Å². The number of methoxy groups -OCH3 is 1. The number of aldehydes is 1. The summed E-state index contributed by atoms with van der Waals surface area (Å²) in [7, 11) is 1.49. The molecular weight excluding hydrogens is 367 g/mol. The molecule has 1 aromatic heterocycles. The Morgan fingerprint density at radius 1 is 1.12 bits per heavy atom. The van der Waals surface area contributed by atoms with Crippen LogP contribution in [0.2, 0.25) is 10.0 Å². The van der Waals surface area contributed by atoms with Crippen LogP contribution in [-0.2, 0) is 6.61 Å². The predicted molar refractivity (Wildman–Crippen MR) is 92.5 cm³/mol. The smallest absolute Gasteiger partial charge is 0.264 e. The van der Waals surface area contributed by atoms with Crippen LogP contribution in [0.4, 0.5) is 0 Å². The molecule has 0 atom stereocenters. The molecule has 0 aliphatic carbocycles. The molecule has 0 aliphatic rings. The van der Waals surface area contributed by atoms with Gasteiger partial charge in [0.05, 0.1) is 17.2 Å². The highest BCUT2D eigenvalue weighted by Crippen LogP contribution is 2.29. The summed E-state index contributed by atoms with van der Waals surface area (Å²) in [6, 6.07) is 9.90. The van der Waals surface area contributed by atoms with Crippen molar-refractivity contribution >= 4 is 29.5 Å². The number of halogens is 2. The van der Waals surface area contributed by atoms with E-state index in [2.05, 4.69) is 10.1 Å². The summed E-state index contributed by atoms with van der Waals surface area (Å²) in [4.78, 5) is 15.1. The maximum Gasteiger partial charge on any atom is 0.264 e. The van der Waals surface area contributed by atoms with Crippen molar-refractivity contribution in [2.45, 2.75) is 6.61 Å². The lowest BCUT2D eigenvalue weighted by Gasteiger charge is -2.09. The maximum atomic E-state index is 10.8. The third-order valence-electron chi connectivity index (χ3n) is 3.32. The van der Waals surface area contributed by atoms with Gasteiger partial charge in [0.2, 0.25) is 5.82 Å². The third kappa shape index (κ3) is 3.92. The molecule has 0 amide bonds. The molecule has 0 N–H and O–H groups in total. The van der Waals surface area contributed by atoms with E-state index >= 15 is 0 Å². The minimum absolute atomic E-state index is 0.0467. The van der Waals surface area contributed by atoms with Gasteiger partial charge in [0.1, 0.15) is 6.29 Å². The van der Waals surface area contributed by atoms with Gasteiger partial charge in [0.15, 0.2) is 18.1 Å². The summed E-state index contributed by atoms with van der Waals surface area (Å²) in [6.45, 7) is 0.0467. The largest absolute Gasteiger partial charge is 0.493 e. The van der Waals surface area contributed by atoms with Crippen molar-refractivity contribution in [3.8, 4) is 22.9 Å². The fraction of sp³-hybridized carbons (Fsp3) is 0.118. The van der Waals surface area contributed by atoms with Gasteiger partial charge >= 0.3 is 0 Å². The second kappa shape index (κ2) is 7.55. The van der Waals surface area contributed by atoms with E-state index in [4.69, 9.17) is 37.2 Å². The van der Waals surface area contributed by atoms with Crippen molar-refractivity contribution < 1.29 is 18.8 Å². The summed E-state index contributed by atoms with van der Waals surface area (Å²) in [5.74, 6) is 1.55. The molecule has 1 heterocycles. The Morgan fingerprint density at radius 3 is 2.68 bits per heavy atom. The minimum atomic E-state index is 0.0467. The zero-order valence-electron chi connectivity index (χ0n) is 13.0. The highest BCUT2D eigenvalue weighted by Gasteiger charge is 2.12. The first-order valence-corrected chi connectivity index (χ1v) is 7.90. The Labute approximate surface area is 153 Å². The van der Waals surface area contributed by atoms with E-state index in [1.54, 1.807) is 36.4 Å². The van der Waals surface area contributed by atoms with Gasteiger partial charge in [-0.25, -0.2) is 0 Å². The van der Waals surface area contributed by atoms with Gasteiger partial charge in [-0.2, -0.15) is 4.98 Å². The first kappa shape index (κ1) is 17.3. The molecule has 3 aromatic rings. The average molecular weight is 379 g/mol. The number of ether oxygens (including phenoxy) is 2. The quantitative estimate of drug-likeness (QED) is 0.590. The fourth-order valence-corrected chi connectivity index (χ4v) is 2.38. The second-order valence-corrected chi connectivity index (χ2v) is 5.77. The zero-order chi connectivity index (χ0) is 17.8.